The van der Waals surface area contributed by atoms with Crippen molar-refractivity contribution in [2.75, 3.05) is 37.6 Å². The van der Waals surface area contributed by atoms with Gasteiger partial charge in [0.15, 0.2) is 5.82 Å². The molecule has 0 amide bonds. The van der Waals surface area contributed by atoms with Gasteiger partial charge in [0.25, 0.3) is 0 Å². The maximum absolute atomic E-state index is 17.1. The molecule has 7 rings (SSSR count). The van der Waals surface area contributed by atoms with Crippen molar-refractivity contribution < 1.29 is 23.0 Å². The lowest BCUT2D eigenvalue weighted by atomic mass is 9.94. The van der Waals surface area contributed by atoms with Crippen LogP contribution in [-0.2, 0) is 6.42 Å². The number of fused-ring (bicyclic) bond motifs is 4. The van der Waals surface area contributed by atoms with Crippen LogP contribution >= 0.6 is 0 Å². The summed E-state index contributed by atoms with van der Waals surface area (Å²) in [6.45, 7) is 8.18. The number of benzene rings is 2. The van der Waals surface area contributed by atoms with Crippen molar-refractivity contribution in [2.24, 2.45) is 0 Å². The van der Waals surface area contributed by atoms with Gasteiger partial charge >= 0.3 is 6.01 Å². The van der Waals surface area contributed by atoms with E-state index in [1.165, 1.54) is 18.2 Å². The van der Waals surface area contributed by atoms with Gasteiger partial charge in [-0.05, 0) is 80.0 Å². The summed E-state index contributed by atoms with van der Waals surface area (Å²) in [6.07, 6.45) is 1.67. The molecule has 0 aliphatic carbocycles. The number of nitrogens with zero attached hydrogens (tertiary/aromatic N) is 5. The normalized spacial score (nSPS) is 22.0. The minimum Gasteiger partial charge on any atom is -0.508 e. The van der Waals surface area contributed by atoms with Crippen molar-refractivity contribution in [2.45, 2.75) is 70.8 Å². The number of nitrogens with one attached hydrogen (secondary N) is 1. The second-order valence-electron chi connectivity index (χ2n) is 12.6. The highest BCUT2D eigenvalue weighted by Gasteiger charge is 2.35. The predicted molar refractivity (Wildman–Crippen MR) is 172 cm³/mol. The number of pyridine rings is 1. The minimum absolute atomic E-state index is 0.00407. The van der Waals surface area contributed by atoms with E-state index < -0.39 is 17.8 Å². The summed E-state index contributed by atoms with van der Waals surface area (Å²) in [5.41, 5.74) is 0.812. The first-order valence-corrected chi connectivity index (χ1v) is 16.0. The maximum atomic E-state index is 17.1. The van der Waals surface area contributed by atoms with Crippen LogP contribution in [0.3, 0.4) is 0 Å². The molecule has 2 N–H and O–H groups in total. The topological polar surface area (TPSA) is 86.6 Å². The van der Waals surface area contributed by atoms with Gasteiger partial charge in [-0.1, -0.05) is 18.9 Å². The molecule has 5 heterocycles. The molecule has 3 fully saturated rings. The van der Waals surface area contributed by atoms with E-state index in [4.69, 9.17) is 14.7 Å². The number of likely N-dealkylation sites (tertiary alicyclic amines) is 1. The lowest BCUT2D eigenvalue weighted by Gasteiger charge is -2.34. The first-order chi connectivity index (χ1) is 22.2. The number of aromatic hydroxyl groups is 1. The van der Waals surface area contributed by atoms with Crippen molar-refractivity contribution in [3.8, 4) is 34.9 Å². The SMILES string of the molecule is CC#Cc1nc(-c2cc(O)cc3ccc(F)c(CC)c23)c(F)c2nc(O[C@@H](C)CN3CC[C@H](F)C3)nc(N3C[C@H]4CC[C@@H](C3)N4)c12. The molecule has 0 spiro atoms. The minimum atomic E-state index is -0.855. The lowest BCUT2D eigenvalue weighted by Crippen LogP contribution is -2.51. The van der Waals surface area contributed by atoms with Crippen LogP contribution in [0, 0.1) is 23.5 Å². The number of hydrogen-bond donors (Lipinski definition) is 2. The van der Waals surface area contributed by atoms with E-state index in [1.54, 1.807) is 13.0 Å². The van der Waals surface area contributed by atoms with Crippen molar-refractivity contribution in [1.82, 2.24) is 25.2 Å². The third-order valence-electron chi connectivity index (χ3n) is 9.30. The van der Waals surface area contributed by atoms with Gasteiger partial charge in [-0.2, -0.15) is 9.97 Å². The van der Waals surface area contributed by atoms with Crippen LogP contribution in [0.4, 0.5) is 19.0 Å². The molecular weight excluding hydrogens is 593 g/mol. The average molecular weight is 631 g/mol. The van der Waals surface area contributed by atoms with Gasteiger partial charge in [0.2, 0.25) is 0 Å². The Morgan fingerprint density at radius 2 is 1.85 bits per heavy atom. The molecule has 46 heavy (non-hydrogen) atoms. The summed E-state index contributed by atoms with van der Waals surface area (Å²) >= 11 is 0. The summed E-state index contributed by atoms with van der Waals surface area (Å²) in [4.78, 5) is 18.3. The number of aryl methyl sites for hydroxylation is 1. The van der Waals surface area contributed by atoms with Crippen molar-refractivity contribution in [3.63, 3.8) is 0 Å². The van der Waals surface area contributed by atoms with E-state index in [0.717, 1.165) is 12.8 Å². The van der Waals surface area contributed by atoms with E-state index in [1.807, 2.05) is 18.7 Å². The molecule has 240 valence electrons. The Kier molecular flexibility index (Phi) is 8.11. The van der Waals surface area contributed by atoms with Crippen molar-refractivity contribution >= 4 is 27.5 Å². The number of anilines is 1. The summed E-state index contributed by atoms with van der Waals surface area (Å²) in [7, 11) is 0. The van der Waals surface area contributed by atoms with Gasteiger partial charge in [-0.15, -0.1) is 0 Å². The zero-order valence-electron chi connectivity index (χ0n) is 26.2. The van der Waals surface area contributed by atoms with Gasteiger partial charge in [0.1, 0.15) is 46.6 Å². The Balaban J connectivity index is 1.43. The van der Waals surface area contributed by atoms with E-state index in [-0.39, 0.29) is 52.4 Å². The summed E-state index contributed by atoms with van der Waals surface area (Å²) in [5, 5.41) is 15.7. The van der Waals surface area contributed by atoms with E-state index in [2.05, 4.69) is 27.0 Å². The molecule has 3 aliphatic rings. The molecule has 0 unspecified atom stereocenters. The fourth-order valence-electron chi connectivity index (χ4n) is 7.34. The molecule has 4 aromatic rings. The lowest BCUT2D eigenvalue weighted by molar-refractivity contribution is 0.146. The highest BCUT2D eigenvalue weighted by Crippen LogP contribution is 2.40. The highest BCUT2D eigenvalue weighted by atomic mass is 19.1. The Morgan fingerprint density at radius 1 is 1.07 bits per heavy atom. The van der Waals surface area contributed by atoms with Crippen molar-refractivity contribution in [1.29, 1.82) is 0 Å². The predicted octanol–water partition coefficient (Wildman–Crippen LogP) is 5.51. The summed E-state index contributed by atoms with van der Waals surface area (Å²) in [5.74, 6) is 5.19. The average Bonchev–Trinajstić information content (AvgIpc) is 3.60. The number of ether oxygens (including phenoxy) is 1. The largest absolute Gasteiger partial charge is 0.508 e. The van der Waals surface area contributed by atoms with Crippen LogP contribution in [0.5, 0.6) is 11.8 Å². The third kappa shape index (κ3) is 5.58. The quantitative estimate of drug-likeness (QED) is 0.259. The fraction of sp³-hybridized carbons (Fsp3) is 0.457. The molecule has 2 bridgehead atoms. The Hall–Kier alpha value is -4.14. The highest BCUT2D eigenvalue weighted by molar-refractivity contribution is 6.03. The van der Waals surface area contributed by atoms with Crippen LogP contribution in [0.1, 0.15) is 51.3 Å². The van der Waals surface area contributed by atoms with Crippen LogP contribution in [0.2, 0.25) is 0 Å². The second-order valence-corrected chi connectivity index (χ2v) is 12.6. The number of phenolic OH excluding ortho intramolecular Hbond substituents is 1. The van der Waals surface area contributed by atoms with Crippen LogP contribution in [0.15, 0.2) is 24.3 Å². The number of halogens is 3. The Labute approximate surface area is 266 Å². The zero-order chi connectivity index (χ0) is 32.1. The number of phenols is 1. The molecular formula is C35H37F3N6O2. The smallest absolute Gasteiger partial charge is 0.319 e. The summed E-state index contributed by atoms with van der Waals surface area (Å²) < 4.78 is 52.2. The van der Waals surface area contributed by atoms with E-state index in [0.29, 0.717) is 73.1 Å². The fourth-order valence-corrected chi connectivity index (χ4v) is 7.34. The molecule has 3 aliphatic heterocycles. The number of rotatable bonds is 7. The molecule has 8 nitrogen and oxygen atoms in total. The van der Waals surface area contributed by atoms with E-state index >= 15 is 8.78 Å². The Bertz CT molecular complexity index is 1880. The van der Waals surface area contributed by atoms with Crippen LogP contribution in [0.25, 0.3) is 32.9 Å². The standard InChI is InChI=1S/C35H37F3N6O2/c1-4-6-28-30-33(31(38)32(40-28)26-14-24(45)13-20-7-10-27(37)25(5-2)29(20)26)41-35(46-19(3)15-43-12-11-21(36)16-43)42-34(30)44-17-22-8-9-23(18-44)39-22/h7,10,13-14,19,21-23,39,45H,5,8-9,11-12,15-18H2,1-3H3/t19-,21-,22-,23+/m0/s1. The van der Waals surface area contributed by atoms with Crippen LogP contribution < -0.4 is 15.0 Å². The monoisotopic (exact) mass is 630 g/mol. The number of hydrogen-bond acceptors (Lipinski definition) is 8. The number of piperazine rings is 1. The van der Waals surface area contributed by atoms with E-state index in [9.17, 15) is 9.50 Å². The first kappa shape index (κ1) is 30.5. The molecule has 11 heteroatoms. The van der Waals surface area contributed by atoms with Crippen molar-refractivity contribution in [3.05, 3.63) is 47.2 Å². The van der Waals surface area contributed by atoms with Gasteiger partial charge < -0.3 is 20.1 Å². The molecule has 3 saturated heterocycles. The maximum Gasteiger partial charge on any atom is 0.319 e. The first-order valence-electron chi connectivity index (χ1n) is 16.0. The molecule has 4 atom stereocenters. The van der Waals surface area contributed by atoms with Gasteiger partial charge in [-0.3, -0.25) is 4.90 Å². The molecule has 2 aromatic carbocycles. The van der Waals surface area contributed by atoms with Gasteiger partial charge in [0.05, 0.1) is 5.39 Å². The molecule has 0 radical (unpaired) electrons. The summed E-state index contributed by atoms with van der Waals surface area (Å²) in [6, 6.07) is 6.40. The third-order valence-corrected chi connectivity index (χ3v) is 9.30. The number of alkyl halides is 1. The second kappa shape index (κ2) is 12.2. The van der Waals surface area contributed by atoms with Gasteiger partial charge in [0, 0.05) is 50.4 Å². The molecule has 0 saturated carbocycles. The molecule has 2 aromatic heterocycles. The zero-order valence-corrected chi connectivity index (χ0v) is 26.2. The number of aromatic nitrogens is 3. The Morgan fingerprint density at radius 3 is 2.54 bits per heavy atom. The van der Waals surface area contributed by atoms with Crippen LogP contribution in [-0.4, -0.2) is 82.0 Å². The van der Waals surface area contributed by atoms with Gasteiger partial charge in [-0.25, -0.2) is 18.2 Å².